The molecule has 220 valence electrons. The Kier molecular flexibility index (Phi) is 10.8. The Balaban J connectivity index is 1.60. The number of hydrogen-bond donors (Lipinski definition) is 5. The molecule has 0 aliphatic rings. The van der Waals surface area contributed by atoms with Crippen LogP contribution in [0.1, 0.15) is 23.7 Å². The molecule has 0 radical (unpaired) electrons. The summed E-state index contributed by atoms with van der Waals surface area (Å²) >= 11 is 1.70. The van der Waals surface area contributed by atoms with Gasteiger partial charge in [0, 0.05) is 23.7 Å². The fraction of sp³-hybridized carbons (Fsp3) is 0.200. The van der Waals surface area contributed by atoms with Crippen LogP contribution in [0.3, 0.4) is 0 Å². The molecule has 0 fully saturated rings. The van der Waals surface area contributed by atoms with Crippen LogP contribution >= 0.6 is 11.8 Å². The average Bonchev–Trinajstić information content (AvgIpc) is 2.94. The predicted molar refractivity (Wildman–Crippen MR) is 146 cm³/mol. The number of rotatable bonds is 12. The van der Waals surface area contributed by atoms with Gasteiger partial charge in [0.25, 0.3) is 15.9 Å². The van der Waals surface area contributed by atoms with Gasteiger partial charge in [-0.25, -0.2) is 35.2 Å². The second-order valence-electron chi connectivity index (χ2n) is 8.23. The molecule has 0 heterocycles. The Labute approximate surface area is 236 Å². The number of thioether (sulfide) groups is 1. The lowest BCUT2D eigenvalue weighted by molar-refractivity contribution is 0.0951. The molecule has 0 saturated heterocycles. The van der Waals surface area contributed by atoms with Crippen molar-refractivity contribution in [2.45, 2.75) is 18.2 Å². The van der Waals surface area contributed by atoms with Crippen LogP contribution < -0.4 is 26.2 Å². The van der Waals surface area contributed by atoms with Gasteiger partial charge < -0.3 is 10.6 Å². The van der Waals surface area contributed by atoms with Crippen molar-refractivity contribution in [2.24, 2.45) is 0 Å². The Bertz CT molecular complexity index is 1500. The van der Waals surface area contributed by atoms with Crippen LogP contribution in [-0.4, -0.2) is 38.4 Å². The monoisotopic (exact) mass is 617 g/mol. The molecule has 0 spiro atoms. The molecule has 3 aromatic carbocycles. The summed E-state index contributed by atoms with van der Waals surface area (Å²) in [6.45, 7) is 2.50. The molecule has 5 N–H and O–H groups in total. The molecule has 0 atom stereocenters. The van der Waals surface area contributed by atoms with Gasteiger partial charge >= 0.3 is 6.03 Å². The van der Waals surface area contributed by atoms with E-state index in [1.807, 2.05) is 0 Å². The van der Waals surface area contributed by atoms with Crippen molar-refractivity contribution in [2.75, 3.05) is 33.5 Å². The zero-order valence-corrected chi connectivity index (χ0v) is 22.9. The smallest absolute Gasteiger partial charge is 0.319 e. The van der Waals surface area contributed by atoms with Crippen LogP contribution in [0.5, 0.6) is 0 Å². The molecule has 41 heavy (non-hydrogen) atoms. The number of hydrazine groups is 1. The minimum atomic E-state index is -4.09. The van der Waals surface area contributed by atoms with Gasteiger partial charge in [-0.2, -0.15) is 11.8 Å². The number of benzene rings is 3. The first kappa shape index (κ1) is 31.5. The molecule has 3 aromatic rings. The Morgan fingerprint density at radius 1 is 0.805 bits per heavy atom. The first-order chi connectivity index (χ1) is 19.4. The maximum Gasteiger partial charge on any atom is 0.319 e. The van der Waals surface area contributed by atoms with Gasteiger partial charge in [-0.1, -0.05) is 13.0 Å². The van der Waals surface area contributed by atoms with E-state index in [9.17, 15) is 40.0 Å². The number of carbonyl (C=O) groups is 2. The highest BCUT2D eigenvalue weighted by Gasteiger charge is 2.29. The lowest BCUT2D eigenvalue weighted by atomic mass is 10.1. The molecular weight excluding hydrogens is 593 g/mol. The molecular formula is C25H24F5N5O4S2. The van der Waals surface area contributed by atoms with Crippen LogP contribution in [0.25, 0.3) is 0 Å². The van der Waals surface area contributed by atoms with Gasteiger partial charge in [-0.05, 0) is 54.6 Å². The zero-order valence-electron chi connectivity index (χ0n) is 21.3. The minimum Gasteiger partial charge on any atom is -0.337 e. The Morgan fingerprint density at radius 3 is 2.05 bits per heavy atom. The van der Waals surface area contributed by atoms with E-state index in [0.717, 1.165) is 17.9 Å². The van der Waals surface area contributed by atoms with E-state index in [1.165, 1.54) is 48.5 Å². The van der Waals surface area contributed by atoms with E-state index < -0.39 is 56.6 Å². The van der Waals surface area contributed by atoms with Crippen LogP contribution in [0.4, 0.5) is 43.8 Å². The lowest BCUT2D eigenvalue weighted by Crippen LogP contribution is -2.31. The quantitative estimate of drug-likeness (QED) is 0.0625. The van der Waals surface area contributed by atoms with E-state index >= 15 is 0 Å². The highest BCUT2D eigenvalue weighted by atomic mass is 32.2. The molecule has 16 heteroatoms. The van der Waals surface area contributed by atoms with Crippen molar-refractivity contribution < 1.29 is 40.0 Å². The second kappa shape index (κ2) is 14.0. The van der Waals surface area contributed by atoms with Gasteiger partial charge in [-0.3, -0.25) is 20.4 Å². The van der Waals surface area contributed by atoms with Crippen LogP contribution in [0, 0.1) is 29.1 Å². The van der Waals surface area contributed by atoms with E-state index in [-0.39, 0.29) is 22.0 Å². The highest BCUT2D eigenvalue weighted by molar-refractivity contribution is 7.99. The topological polar surface area (TPSA) is 128 Å². The summed E-state index contributed by atoms with van der Waals surface area (Å²) < 4.78 is 95.5. The number of amides is 3. The number of anilines is 3. The van der Waals surface area contributed by atoms with Crippen molar-refractivity contribution in [3.63, 3.8) is 0 Å². The second-order valence-corrected chi connectivity index (χ2v) is 11.1. The van der Waals surface area contributed by atoms with Crippen molar-refractivity contribution in [3.05, 3.63) is 83.2 Å². The van der Waals surface area contributed by atoms with Crippen LogP contribution in [0.2, 0.25) is 0 Å². The maximum absolute atomic E-state index is 13.8. The molecule has 0 bridgehead atoms. The summed E-state index contributed by atoms with van der Waals surface area (Å²) in [6, 6.07) is 10.1. The molecule has 0 unspecified atom stereocenters. The summed E-state index contributed by atoms with van der Waals surface area (Å²) in [5.74, 6) is -11.5. The number of sulfonamides is 1. The summed E-state index contributed by atoms with van der Waals surface area (Å²) in [5, 5.41) is 5.24. The van der Waals surface area contributed by atoms with Crippen molar-refractivity contribution in [3.8, 4) is 0 Å². The van der Waals surface area contributed by atoms with Gasteiger partial charge in [0.2, 0.25) is 5.82 Å². The van der Waals surface area contributed by atoms with E-state index in [0.29, 0.717) is 6.54 Å². The lowest BCUT2D eigenvalue weighted by Gasteiger charge is -2.13. The number of carbonyl (C=O) groups excluding carboxylic acids is 2. The molecule has 0 aliphatic heterocycles. The maximum atomic E-state index is 13.8. The summed E-state index contributed by atoms with van der Waals surface area (Å²) in [4.78, 5) is 24.0. The highest BCUT2D eigenvalue weighted by Crippen LogP contribution is 2.24. The Hall–Kier alpha value is -4.05. The van der Waals surface area contributed by atoms with Crippen molar-refractivity contribution in [1.29, 1.82) is 0 Å². The van der Waals surface area contributed by atoms with Crippen LogP contribution in [0.15, 0.2) is 53.4 Å². The molecule has 3 rings (SSSR count). The van der Waals surface area contributed by atoms with Gasteiger partial charge in [0.05, 0.1) is 10.6 Å². The molecule has 9 nitrogen and oxygen atoms in total. The number of halogens is 5. The minimum absolute atomic E-state index is 0.0791. The largest absolute Gasteiger partial charge is 0.337 e. The zero-order chi connectivity index (χ0) is 30.2. The van der Waals surface area contributed by atoms with Gasteiger partial charge in [0.1, 0.15) is 5.56 Å². The van der Waals surface area contributed by atoms with Gasteiger partial charge in [0.15, 0.2) is 23.3 Å². The first-order valence-electron chi connectivity index (χ1n) is 11.9. The molecule has 3 amide bonds. The first-order valence-corrected chi connectivity index (χ1v) is 14.5. The summed E-state index contributed by atoms with van der Waals surface area (Å²) in [7, 11) is -4.09. The molecule has 0 saturated carbocycles. The van der Waals surface area contributed by atoms with E-state index in [4.69, 9.17) is 0 Å². The fourth-order valence-corrected chi connectivity index (χ4v) is 5.07. The Morgan fingerprint density at radius 2 is 1.41 bits per heavy atom. The molecule has 0 aliphatic carbocycles. The van der Waals surface area contributed by atoms with E-state index in [2.05, 4.69) is 27.7 Å². The fourth-order valence-electron chi connectivity index (χ4n) is 3.23. The number of nitrogens with one attached hydrogen (secondary N) is 5. The van der Waals surface area contributed by atoms with Crippen molar-refractivity contribution >= 4 is 50.8 Å². The van der Waals surface area contributed by atoms with E-state index in [1.54, 1.807) is 17.2 Å². The normalized spacial score (nSPS) is 11.1. The molecule has 0 aromatic heterocycles. The van der Waals surface area contributed by atoms with Crippen molar-refractivity contribution in [1.82, 2.24) is 10.7 Å². The third-order valence-electron chi connectivity index (χ3n) is 5.18. The standard InChI is InChI=1S/C25H24F5N5O4S2/c1-2-11-40-12-10-31-25(37)32-16-4-3-5-17(13-16)41(38,39)35-15-8-6-14(7-9-15)33-34-24(36)18-19(26)21(28)23(30)22(29)20(18)27/h3-9,13,33,35H,2,10-12H2,1H3,(H,34,36)(H2,31,32,37). The SMILES string of the molecule is CCCSCCNC(=O)Nc1cccc(S(=O)(=O)Nc2ccc(NNC(=O)c3c(F)c(F)c(F)c(F)c3F)cc2)c1. The van der Waals surface area contributed by atoms with Crippen LogP contribution in [-0.2, 0) is 10.0 Å². The number of urea groups is 1. The third-order valence-corrected chi connectivity index (χ3v) is 7.75. The summed E-state index contributed by atoms with van der Waals surface area (Å²) in [6.07, 6.45) is 1.03. The number of hydrogen-bond acceptors (Lipinski definition) is 6. The average molecular weight is 618 g/mol. The van der Waals surface area contributed by atoms with Gasteiger partial charge in [-0.15, -0.1) is 0 Å². The third kappa shape index (κ3) is 8.23. The summed E-state index contributed by atoms with van der Waals surface area (Å²) in [5.41, 5.74) is 2.76. The predicted octanol–water partition coefficient (Wildman–Crippen LogP) is 5.20.